The van der Waals surface area contributed by atoms with Crippen LogP contribution in [0.5, 0.6) is 5.75 Å². The number of fused-ring (bicyclic) bond motifs is 1. The number of halogens is 1. The number of nitrogens with one attached hydrogen (secondary N) is 1. The SMILES string of the molecule is C=CCc1ccccc1OCCCCn1c(CCNC(=O)c2ccc(Cl)cc2)nc2ccccc21. The highest BCUT2D eigenvalue weighted by atomic mass is 35.5. The van der Waals surface area contributed by atoms with Crippen LogP contribution in [0, 0.1) is 0 Å². The topological polar surface area (TPSA) is 56.1 Å². The zero-order valence-electron chi connectivity index (χ0n) is 19.8. The predicted molar refractivity (Wildman–Crippen MR) is 142 cm³/mol. The standard InChI is InChI=1S/C29H30ClN3O2/c1-2-9-22-10-3-6-13-27(22)35-21-8-7-20-33-26-12-5-4-11-25(26)32-28(33)18-19-31-29(34)23-14-16-24(30)17-15-23/h2-6,10-17H,1,7-9,18-21H2,(H,31,34). The summed E-state index contributed by atoms with van der Waals surface area (Å²) in [7, 11) is 0. The molecule has 1 aromatic heterocycles. The van der Waals surface area contributed by atoms with Crippen molar-refractivity contribution in [1.82, 2.24) is 14.9 Å². The first-order chi connectivity index (χ1) is 17.2. The van der Waals surface area contributed by atoms with Gasteiger partial charge in [0.1, 0.15) is 11.6 Å². The number of aromatic nitrogens is 2. The molecule has 0 saturated carbocycles. The minimum atomic E-state index is -0.113. The minimum absolute atomic E-state index is 0.113. The Balaban J connectivity index is 1.33. The van der Waals surface area contributed by atoms with E-state index in [1.54, 1.807) is 24.3 Å². The molecule has 35 heavy (non-hydrogen) atoms. The van der Waals surface area contributed by atoms with Crippen molar-refractivity contribution in [2.75, 3.05) is 13.2 Å². The van der Waals surface area contributed by atoms with Crippen LogP contribution in [0.2, 0.25) is 5.02 Å². The predicted octanol–water partition coefficient (Wildman–Crippen LogP) is 6.25. The number of rotatable bonds is 12. The summed E-state index contributed by atoms with van der Waals surface area (Å²) in [5.41, 5.74) is 3.84. The molecular weight excluding hydrogens is 458 g/mol. The summed E-state index contributed by atoms with van der Waals surface area (Å²) in [5, 5.41) is 3.60. The Morgan fingerprint density at radius 3 is 2.63 bits per heavy atom. The van der Waals surface area contributed by atoms with Crippen molar-refractivity contribution in [2.24, 2.45) is 0 Å². The average molecular weight is 488 g/mol. The van der Waals surface area contributed by atoms with Crippen molar-refractivity contribution in [1.29, 1.82) is 0 Å². The number of carbonyl (C=O) groups is 1. The van der Waals surface area contributed by atoms with Gasteiger partial charge >= 0.3 is 0 Å². The lowest BCUT2D eigenvalue weighted by Gasteiger charge is -2.12. The molecule has 0 unspecified atom stereocenters. The Kier molecular flexibility index (Phi) is 8.58. The van der Waals surface area contributed by atoms with Crippen LogP contribution in [0.1, 0.15) is 34.6 Å². The fourth-order valence-electron chi connectivity index (χ4n) is 4.08. The molecule has 0 bridgehead atoms. The largest absolute Gasteiger partial charge is 0.493 e. The molecule has 0 aliphatic rings. The van der Waals surface area contributed by atoms with Gasteiger partial charge in [0.15, 0.2) is 0 Å². The van der Waals surface area contributed by atoms with E-state index >= 15 is 0 Å². The Morgan fingerprint density at radius 1 is 1.03 bits per heavy atom. The Morgan fingerprint density at radius 2 is 1.80 bits per heavy atom. The van der Waals surface area contributed by atoms with Crippen LogP contribution in [0.15, 0.2) is 85.5 Å². The number of benzene rings is 3. The maximum absolute atomic E-state index is 12.4. The van der Waals surface area contributed by atoms with Gasteiger partial charge in [-0.05, 0) is 67.3 Å². The average Bonchev–Trinajstić information content (AvgIpc) is 3.22. The van der Waals surface area contributed by atoms with Crippen molar-refractivity contribution < 1.29 is 9.53 Å². The Bertz CT molecular complexity index is 1280. The first-order valence-corrected chi connectivity index (χ1v) is 12.3. The molecule has 5 nitrogen and oxygen atoms in total. The summed E-state index contributed by atoms with van der Waals surface area (Å²) >= 11 is 5.91. The molecule has 4 rings (SSSR count). The lowest BCUT2D eigenvalue weighted by atomic mass is 10.1. The number of ether oxygens (including phenoxy) is 1. The van der Waals surface area contributed by atoms with E-state index in [-0.39, 0.29) is 5.91 Å². The van der Waals surface area contributed by atoms with Gasteiger partial charge in [-0.15, -0.1) is 6.58 Å². The van der Waals surface area contributed by atoms with E-state index in [2.05, 4.69) is 28.6 Å². The summed E-state index contributed by atoms with van der Waals surface area (Å²) in [5.74, 6) is 1.79. The summed E-state index contributed by atoms with van der Waals surface area (Å²) in [4.78, 5) is 17.3. The third kappa shape index (κ3) is 6.52. The number of unbranched alkanes of at least 4 members (excludes halogenated alkanes) is 1. The van der Waals surface area contributed by atoms with Gasteiger partial charge in [0.25, 0.3) is 5.91 Å². The second-order valence-electron chi connectivity index (χ2n) is 8.34. The van der Waals surface area contributed by atoms with E-state index in [1.165, 1.54) is 0 Å². The van der Waals surface area contributed by atoms with Crippen LogP contribution >= 0.6 is 11.6 Å². The van der Waals surface area contributed by atoms with Gasteiger partial charge < -0.3 is 14.6 Å². The van der Waals surface area contributed by atoms with Crippen LogP contribution in [0.4, 0.5) is 0 Å². The Hall–Kier alpha value is -3.57. The molecule has 4 aromatic rings. The number of para-hydroxylation sites is 3. The van der Waals surface area contributed by atoms with Crippen molar-refractivity contribution in [3.05, 3.63) is 107 Å². The molecule has 0 saturated heterocycles. The van der Waals surface area contributed by atoms with E-state index in [0.29, 0.717) is 30.2 Å². The van der Waals surface area contributed by atoms with Crippen LogP contribution < -0.4 is 10.1 Å². The molecule has 1 N–H and O–H groups in total. The number of allylic oxidation sites excluding steroid dienone is 1. The lowest BCUT2D eigenvalue weighted by Crippen LogP contribution is -2.26. The van der Waals surface area contributed by atoms with Crippen molar-refractivity contribution in [2.45, 2.75) is 32.2 Å². The highest BCUT2D eigenvalue weighted by Gasteiger charge is 2.12. The third-order valence-electron chi connectivity index (χ3n) is 5.84. The van der Waals surface area contributed by atoms with Gasteiger partial charge in [-0.1, -0.05) is 48.0 Å². The number of hydrogen-bond donors (Lipinski definition) is 1. The number of hydrogen-bond acceptors (Lipinski definition) is 3. The normalized spacial score (nSPS) is 10.9. The smallest absolute Gasteiger partial charge is 0.251 e. The first kappa shape index (κ1) is 24.6. The molecule has 0 spiro atoms. The van der Waals surface area contributed by atoms with E-state index in [9.17, 15) is 4.79 Å². The number of aryl methyl sites for hydroxylation is 1. The molecule has 0 aliphatic carbocycles. The van der Waals surface area contributed by atoms with Gasteiger partial charge in [-0.2, -0.15) is 0 Å². The molecule has 1 heterocycles. The van der Waals surface area contributed by atoms with Gasteiger partial charge in [0, 0.05) is 30.1 Å². The zero-order chi connectivity index (χ0) is 24.5. The highest BCUT2D eigenvalue weighted by molar-refractivity contribution is 6.30. The zero-order valence-corrected chi connectivity index (χ0v) is 20.5. The maximum Gasteiger partial charge on any atom is 0.251 e. The van der Waals surface area contributed by atoms with E-state index < -0.39 is 0 Å². The maximum atomic E-state index is 12.4. The van der Waals surface area contributed by atoms with Crippen LogP contribution in [0.25, 0.3) is 11.0 Å². The van der Waals surface area contributed by atoms with Crippen LogP contribution in [-0.2, 0) is 19.4 Å². The van der Waals surface area contributed by atoms with Gasteiger partial charge in [-0.3, -0.25) is 4.79 Å². The number of carbonyl (C=O) groups excluding carboxylic acids is 1. The van der Waals surface area contributed by atoms with Crippen molar-refractivity contribution in [3.8, 4) is 5.75 Å². The Labute approximate surface area is 211 Å². The lowest BCUT2D eigenvalue weighted by molar-refractivity contribution is 0.0954. The van der Waals surface area contributed by atoms with Crippen molar-refractivity contribution >= 4 is 28.5 Å². The number of nitrogens with zero attached hydrogens (tertiary/aromatic N) is 2. The van der Waals surface area contributed by atoms with E-state index in [1.807, 2.05) is 42.5 Å². The molecule has 6 heteroatoms. The second kappa shape index (κ2) is 12.2. The summed E-state index contributed by atoms with van der Waals surface area (Å²) in [6.07, 6.45) is 5.25. The first-order valence-electron chi connectivity index (χ1n) is 11.9. The monoisotopic (exact) mass is 487 g/mol. The summed E-state index contributed by atoms with van der Waals surface area (Å²) in [6.45, 7) is 5.84. The molecule has 1 amide bonds. The third-order valence-corrected chi connectivity index (χ3v) is 6.10. The van der Waals surface area contributed by atoms with Gasteiger partial charge in [0.2, 0.25) is 0 Å². The molecule has 0 radical (unpaired) electrons. The molecule has 180 valence electrons. The highest BCUT2D eigenvalue weighted by Crippen LogP contribution is 2.20. The second-order valence-corrected chi connectivity index (χ2v) is 8.77. The van der Waals surface area contributed by atoms with Gasteiger partial charge in [0.05, 0.1) is 17.6 Å². The molecule has 0 fully saturated rings. The van der Waals surface area contributed by atoms with E-state index in [4.69, 9.17) is 21.3 Å². The molecule has 0 atom stereocenters. The summed E-state index contributed by atoms with van der Waals surface area (Å²) < 4.78 is 8.30. The van der Waals surface area contributed by atoms with Crippen LogP contribution in [0.3, 0.4) is 0 Å². The van der Waals surface area contributed by atoms with Crippen LogP contribution in [-0.4, -0.2) is 28.6 Å². The van der Waals surface area contributed by atoms with Crippen molar-refractivity contribution in [3.63, 3.8) is 0 Å². The minimum Gasteiger partial charge on any atom is -0.493 e. The van der Waals surface area contributed by atoms with E-state index in [0.717, 1.165) is 54.0 Å². The molecular formula is C29H30ClN3O2. The van der Waals surface area contributed by atoms with Gasteiger partial charge in [-0.25, -0.2) is 4.98 Å². The molecule has 3 aromatic carbocycles. The number of imidazole rings is 1. The fourth-order valence-corrected chi connectivity index (χ4v) is 4.21. The number of amides is 1. The fraction of sp³-hybridized carbons (Fsp3) is 0.241. The molecule has 0 aliphatic heterocycles. The summed E-state index contributed by atoms with van der Waals surface area (Å²) in [6, 6.07) is 23.2. The quantitative estimate of drug-likeness (QED) is 0.190.